The second-order valence-electron chi connectivity index (χ2n) is 5.76. The van der Waals surface area contributed by atoms with Crippen molar-refractivity contribution in [3.63, 3.8) is 0 Å². The van der Waals surface area contributed by atoms with Crippen molar-refractivity contribution in [2.24, 2.45) is 0 Å². The summed E-state index contributed by atoms with van der Waals surface area (Å²) in [7, 11) is 4.36. The van der Waals surface area contributed by atoms with E-state index in [0.29, 0.717) is 5.41 Å². The van der Waals surface area contributed by atoms with E-state index >= 15 is 0 Å². The van der Waals surface area contributed by atoms with Gasteiger partial charge in [0.2, 0.25) is 0 Å². The molecule has 1 aliphatic rings. The third kappa shape index (κ3) is 3.83. The van der Waals surface area contributed by atoms with Crippen molar-refractivity contribution in [1.82, 2.24) is 4.90 Å². The monoisotopic (exact) mass is 311 g/mol. The third-order valence-corrected chi connectivity index (χ3v) is 4.23. The van der Waals surface area contributed by atoms with Gasteiger partial charge in [-0.1, -0.05) is 49.6 Å². The minimum Gasteiger partial charge on any atom is -0.309 e. The summed E-state index contributed by atoms with van der Waals surface area (Å²) in [5.41, 5.74) is 2.03. The van der Waals surface area contributed by atoms with E-state index in [1.54, 1.807) is 5.56 Å². The van der Waals surface area contributed by atoms with Crippen LogP contribution in [0.5, 0.6) is 0 Å². The maximum atomic E-state index is 2.33. The highest BCUT2D eigenvalue weighted by Gasteiger charge is 2.33. The Labute approximate surface area is 122 Å². The maximum absolute atomic E-state index is 2.33. The molecule has 102 valence electrons. The Morgan fingerprint density at radius 3 is 2.17 bits per heavy atom. The molecule has 1 aliphatic carbocycles. The van der Waals surface area contributed by atoms with Gasteiger partial charge in [-0.25, -0.2) is 0 Å². The van der Waals surface area contributed by atoms with Crippen molar-refractivity contribution in [3.05, 3.63) is 35.9 Å². The van der Waals surface area contributed by atoms with Crippen molar-refractivity contribution in [2.45, 2.75) is 43.9 Å². The fourth-order valence-electron chi connectivity index (χ4n) is 3.14. The maximum Gasteiger partial charge on any atom is -0.00163 e. The van der Waals surface area contributed by atoms with Crippen LogP contribution in [0.15, 0.2) is 30.3 Å². The van der Waals surface area contributed by atoms with Crippen LogP contribution in [0.3, 0.4) is 0 Å². The summed E-state index contributed by atoms with van der Waals surface area (Å²) in [6, 6.07) is 11.2. The number of hydrogen-bond donors (Lipinski definition) is 0. The van der Waals surface area contributed by atoms with Crippen molar-refractivity contribution < 1.29 is 0 Å². The molecule has 1 aromatic carbocycles. The Morgan fingerprint density at radius 1 is 1.00 bits per heavy atom. The van der Waals surface area contributed by atoms with Gasteiger partial charge in [0.05, 0.1) is 0 Å². The average molecular weight is 312 g/mol. The Morgan fingerprint density at radius 2 is 1.61 bits per heavy atom. The zero-order chi connectivity index (χ0) is 12.1. The van der Waals surface area contributed by atoms with Crippen LogP contribution in [0, 0.1) is 0 Å². The second kappa shape index (κ2) is 7.30. The molecule has 1 saturated carbocycles. The number of hydrogen-bond acceptors (Lipinski definition) is 1. The molecule has 0 spiro atoms. The van der Waals surface area contributed by atoms with E-state index in [0.717, 1.165) is 0 Å². The van der Waals surface area contributed by atoms with Crippen LogP contribution in [0.4, 0.5) is 0 Å². The van der Waals surface area contributed by atoms with Gasteiger partial charge in [0.15, 0.2) is 0 Å². The number of benzene rings is 1. The van der Waals surface area contributed by atoms with Crippen molar-refractivity contribution in [2.75, 3.05) is 20.6 Å². The molecule has 1 fully saturated rings. The van der Waals surface area contributed by atoms with Gasteiger partial charge in [-0.2, -0.15) is 0 Å². The molecule has 0 saturated heterocycles. The molecule has 0 atom stereocenters. The fraction of sp³-hybridized carbons (Fsp3) is 0.625. The molecule has 18 heavy (non-hydrogen) atoms. The Balaban J connectivity index is 0.00000162. The lowest BCUT2D eigenvalue weighted by Gasteiger charge is -2.39. The van der Waals surface area contributed by atoms with Gasteiger partial charge >= 0.3 is 0 Å². The summed E-state index contributed by atoms with van der Waals surface area (Å²) in [5, 5.41) is 0. The summed E-state index contributed by atoms with van der Waals surface area (Å²) in [6.45, 7) is 1.20. The molecule has 0 heterocycles. The second-order valence-corrected chi connectivity index (χ2v) is 5.76. The highest BCUT2D eigenvalue weighted by atomic mass is 79.9. The molecular formula is C16H26BrN. The molecule has 2 rings (SSSR count). The normalized spacial score (nSPS) is 18.4. The fourth-order valence-corrected chi connectivity index (χ4v) is 3.14. The van der Waals surface area contributed by atoms with Crippen LogP contribution in [0.1, 0.15) is 44.1 Å². The number of rotatable bonds is 4. The summed E-state index contributed by atoms with van der Waals surface area (Å²) in [6.07, 6.45) is 8.31. The minimum atomic E-state index is 0. The third-order valence-electron chi connectivity index (χ3n) is 4.23. The molecule has 1 nitrogen and oxygen atoms in total. The molecule has 1 aromatic rings. The van der Waals surface area contributed by atoms with Crippen LogP contribution >= 0.6 is 17.0 Å². The first-order chi connectivity index (χ1) is 8.23. The topological polar surface area (TPSA) is 3.24 Å². The van der Waals surface area contributed by atoms with Gasteiger partial charge in [-0.05, 0) is 50.9 Å². The number of nitrogens with zero attached hydrogens (tertiary/aromatic N) is 1. The first-order valence-electron chi connectivity index (χ1n) is 6.93. The predicted molar refractivity (Wildman–Crippen MR) is 84.7 cm³/mol. The van der Waals surface area contributed by atoms with Gasteiger partial charge < -0.3 is 4.90 Å². The standard InChI is InChI=1S/C16H25N.BrH/c1-17(2)14-13-16(11-7-4-8-12-16)15-9-5-3-6-10-15;/h3,5-6,9-10H,4,7-8,11-14H2,1-2H3;1H. The van der Waals surface area contributed by atoms with Crippen molar-refractivity contribution >= 4 is 17.0 Å². The molecule has 2 heteroatoms. The molecule has 0 N–H and O–H groups in total. The molecule has 0 radical (unpaired) electrons. The van der Waals surface area contributed by atoms with Crippen molar-refractivity contribution in [1.29, 1.82) is 0 Å². The van der Waals surface area contributed by atoms with E-state index < -0.39 is 0 Å². The zero-order valence-corrected chi connectivity index (χ0v) is 13.4. The number of halogens is 1. The lowest BCUT2D eigenvalue weighted by Crippen LogP contribution is -2.32. The summed E-state index contributed by atoms with van der Waals surface area (Å²) in [4.78, 5) is 2.32. The quantitative estimate of drug-likeness (QED) is 0.795. The van der Waals surface area contributed by atoms with Crippen LogP contribution in [-0.4, -0.2) is 25.5 Å². The van der Waals surface area contributed by atoms with Crippen molar-refractivity contribution in [3.8, 4) is 0 Å². The highest BCUT2D eigenvalue weighted by molar-refractivity contribution is 8.93. The van der Waals surface area contributed by atoms with Crippen LogP contribution in [-0.2, 0) is 5.41 Å². The molecule has 0 unspecified atom stereocenters. The first kappa shape index (κ1) is 15.7. The van der Waals surface area contributed by atoms with E-state index in [4.69, 9.17) is 0 Å². The molecule has 0 aromatic heterocycles. The highest BCUT2D eigenvalue weighted by Crippen LogP contribution is 2.42. The Hall–Kier alpha value is -0.340. The van der Waals surface area contributed by atoms with Gasteiger partial charge in [-0.15, -0.1) is 17.0 Å². The minimum absolute atomic E-state index is 0. The van der Waals surface area contributed by atoms with Gasteiger partial charge in [-0.3, -0.25) is 0 Å². The van der Waals surface area contributed by atoms with Crippen LogP contribution in [0.2, 0.25) is 0 Å². The van der Waals surface area contributed by atoms with E-state index in [2.05, 4.69) is 49.3 Å². The van der Waals surface area contributed by atoms with Gasteiger partial charge in [0.1, 0.15) is 0 Å². The lowest BCUT2D eigenvalue weighted by atomic mass is 9.67. The van der Waals surface area contributed by atoms with Gasteiger partial charge in [0, 0.05) is 0 Å². The van der Waals surface area contributed by atoms with Crippen LogP contribution < -0.4 is 0 Å². The van der Waals surface area contributed by atoms with E-state index in [1.165, 1.54) is 45.1 Å². The Kier molecular flexibility index (Phi) is 6.37. The van der Waals surface area contributed by atoms with E-state index in [9.17, 15) is 0 Å². The summed E-state index contributed by atoms with van der Waals surface area (Å²) < 4.78 is 0. The molecule has 0 aliphatic heterocycles. The van der Waals surface area contributed by atoms with E-state index in [-0.39, 0.29) is 17.0 Å². The Bertz CT molecular complexity index is 328. The molecular weight excluding hydrogens is 286 g/mol. The molecule has 0 amide bonds. The van der Waals surface area contributed by atoms with Gasteiger partial charge in [0.25, 0.3) is 0 Å². The van der Waals surface area contributed by atoms with Crippen LogP contribution in [0.25, 0.3) is 0 Å². The largest absolute Gasteiger partial charge is 0.309 e. The summed E-state index contributed by atoms with van der Waals surface area (Å²) >= 11 is 0. The molecule has 0 bridgehead atoms. The predicted octanol–water partition coefficient (Wildman–Crippen LogP) is 4.42. The van der Waals surface area contributed by atoms with E-state index in [1.807, 2.05) is 0 Å². The summed E-state index contributed by atoms with van der Waals surface area (Å²) in [5.74, 6) is 0. The lowest BCUT2D eigenvalue weighted by molar-refractivity contribution is 0.241. The SMILES string of the molecule is Br.CN(C)CCC1(c2ccccc2)CCCCC1. The first-order valence-corrected chi connectivity index (χ1v) is 6.93. The zero-order valence-electron chi connectivity index (χ0n) is 11.7. The average Bonchev–Trinajstić information content (AvgIpc) is 2.39. The smallest absolute Gasteiger partial charge is 0.00163 e.